The lowest BCUT2D eigenvalue weighted by Crippen LogP contribution is -2.23. The number of carbonyl (C=O) groups is 1. The normalized spacial score (nSPS) is 14.3. The molecule has 2 unspecified atom stereocenters. The maximum absolute atomic E-state index is 11.8. The molecule has 0 bridgehead atoms. The van der Waals surface area contributed by atoms with Crippen molar-refractivity contribution in [3.8, 4) is 0 Å². The van der Waals surface area contributed by atoms with Gasteiger partial charge in [0.2, 0.25) is 0 Å². The number of ether oxygens (including phenoxy) is 1. The van der Waals surface area contributed by atoms with Crippen molar-refractivity contribution in [2.24, 2.45) is 5.92 Å². The van der Waals surface area contributed by atoms with Gasteiger partial charge < -0.3 is 9.84 Å². The Hall–Kier alpha value is -0.410. The molecule has 0 aromatic rings. The lowest BCUT2D eigenvalue weighted by atomic mass is 10.0. The second-order valence-corrected chi connectivity index (χ2v) is 5.39. The van der Waals surface area contributed by atoms with Crippen molar-refractivity contribution in [2.75, 3.05) is 13.2 Å². The van der Waals surface area contributed by atoms with Gasteiger partial charge in [-0.15, -0.1) is 0 Å². The SMILES string of the molecule is CCCCC(CC)COC(C)C(=O)CCCCCO. The zero-order chi connectivity index (χ0) is 14.5. The predicted octanol–water partition coefficient (Wildman–Crippen LogP) is 3.73. The highest BCUT2D eigenvalue weighted by Crippen LogP contribution is 2.14. The van der Waals surface area contributed by atoms with Gasteiger partial charge in [0.1, 0.15) is 6.10 Å². The first kappa shape index (κ1) is 18.6. The summed E-state index contributed by atoms with van der Waals surface area (Å²) < 4.78 is 5.71. The van der Waals surface area contributed by atoms with E-state index in [1.54, 1.807) is 0 Å². The van der Waals surface area contributed by atoms with E-state index >= 15 is 0 Å². The van der Waals surface area contributed by atoms with Gasteiger partial charge in [-0.2, -0.15) is 0 Å². The number of hydrogen-bond acceptors (Lipinski definition) is 3. The third-order valence-electron chi connectivity index (χ3n) is 3.66. The average Bonchev–Trinajstić information content (AvgIpc) is 2.43. The Morgan fingerprint density at radius 2 is 1.89 bits per heavy atom. The van der Waals surface area contributed by atoms with Gasteiger partial charge in [0.15, 0.2) is 5.78 Å². The Morgan fingerprint density at radius 1 is 1.16 bits per heavy atom. The highest BCUT2D eigenvalue weighted by atomic mass is 16.5. The molecule has 0 rings (SSSR count). The molecule has 0 aromatic carbocycles. The summed E-state index contributed by atoms with van der Waals surface area (Å²) in [6.45, 7) is 7.17. The van der Waals surface area contributed by atoms with Crippen LogP contribution in [0.2, 0.25) is 0 Å². The first-order valence-electron chi connectivity index (χ1n) is 7.90. The molecular formula is C16H32O3. The van der Waals surface area contributed by atoms with Crippen molar-refractivity contribution in [1.29, 1.82) is 0 Å². The molecule has 0 aromatic heterocycles. The average molecular weight is 272 g/mol. The van der Waals surface area contributed by atoms with Gasteiger partial charge in [0.25, 0.3) is 0 Å². The molecule has 0 saturated carbocycles. The van der Waals surface area contributed by atoms with E-state index in [2.05, 4.69) is 13.8 Å². The lowest BCUT2D eigenvalue weighted by molar-refractivity contribution is -0.130. The van der Waals surface area contributed by atoms with E-state index in [-0.39, 0.29) is 18.5 Å². The molecule has 3 heteroatoms. The molecule has 2 atom stereocenters. The number of aliphatic hydroxyl groups excluding tert-OH is 1. The van der Waals surface area contributed by atoms with Crippen LogP contribution in [0, 0.1) is 5.92 Å². The standard InChI is InChI=1S/C16H32O3/c1-4-6-10-15(5-2)13-19-14(3)16(18)11-8-7-9-12-17/h14-15,17H,4-13H2,1-3H3. The van der Waals surface area contributed by atoms with Gasteiger partial charge in [-0.05, 0) is 32.1 Å². The number of carbonyl (C=O) groups excluding carboxylic acids is 1. The number of aliphatic hydroxyl groups is 1. The van der Waals surface area contributed by atoms with Crippen molar-refractivity contribution in [1.82, 2.24) is 0 Å². The summed E-state index contributed by atoms with van der Waals surface area (Å²) in [5.74, 6) is 0.785. The molecule has 0 saturated heterocycles. The third kappa shape index (κ3) is 10.1. The zero-order valence-corrected chi connectivity index (χ0v) is 13.0. The number of rotatable bonds is 13. The highest BCUT2D eigenvalue weighted by Gasteiger charge is 2.15. The summed E-state index contributed by atoms with van der Waals surface area (Å²) in [7, 11) is 0. The molecule has 0 aliphatic carbocycles. The van der Waals surface area contributed by atoms with Crippen LogP contribution in [0.1, 0.15) is 72.1 Å². The van der Waals surface area contributed by atoms with E-state index in [1.807, 2.05) is 6.92 Å². The summed E-state index contributed by atoms with van der Waals surface area (Å²) in [6.07, 6.45) is 7.65. The van der Waals surface area contributed by atoms with Gasteiger partial charge in [0, 0.05) is 13.0 Å². The molecule has 0 aliphatic rings. The van der Waals surface area contributed by atoms with Gasteiger partial charge in [-0.3, -0.25) is 4.79 Å². The Bertz CT molecular complexity index is 216. The van der Waals surface area contributed by atoms with Crippen LogP contribution in [0.5, 0.6) is 0 Å². The minimum Gasteiger partial charge on any atom is -0.396 e. The number of Topliss-reactive ketones (excluding diaryl/α,β-unsaturated/α-hetero) is 1. The number of hydrogen-bond donors (Lipinski definition) is 1. The Balaban J connectivity index is 3.75. The van der Waals surface area contributed by atoms with Crippen molar-refractivity contribution >= 4 is 5.78 Å². The molecular weight excluding hydrogens is 240 g/mol. The van der Waals surface area contributed by atoms with Crippen LogP contribution in [-0.4, -0.2) is 30.2 Å². The van der Waals surface area contributed by atoms with E-state index in [0.717, 1.165) is 25.7 Å². The monoisotopic (exact) mass is 272 g/mol. The topological polar surface area (TPSA) is 46.5 Å². The van der Waals surface area contributed by atoms with E-state index < -0.39 is 0 Å². The second-order valence-electron chi connectivity index (χ2n) is 5.39. The molecule has 0 aliphatic heterocycles. The quantitative estimate of drug-likeness (QED) is 0.520. The van der Waals surface area contributed by atoms with Crippen LogP contribution in [0.15, 0.2) is 0 Å². The molecule has 0 spiro atoms. The van der Waals surface area contributed by atoms with Crippen LogP contribution in [0.3, 0.4) is 0 Å². The molecule has 0 fully saturated rings. The van der Waals surface area contributed by atoms with Crippen molar-refractivity contribution in [3.05, 3.63) is 0 Å². The van der Waals surface area contributed by atoms with Crippen LogP contribution in [-0.2, 0) is 9.53 Å². The Kier molecular flexibility index (Phi) is 12.3. The zero-order valence-electron chi connectivity index (χ0n) is 13.0. The molecule has 114 valence electrons. The van der Waals surface area contributed by atoms with Crippen LogP contribution in [0.25, 0.3) is 0 Å². The van der Waals surface area contributed by atoms with E-state index in [0.29, 0.717) is 18.9 Å². The smallest absolute Gasteiger partial charge is 0.161 e. The molecule has 19 heavy (non-hydrogen) atoms. The van der Waals surface area contributed by atoms with E-state index in [1.165, 1.54) is 19.3 Å². The van der Waals surface area contributed by atoms with Crippen molar-refractivity contribution in [3.63, 3.8) is 0 Å². The second kappa shape index (κ2) is 12.6. The van der Waals surface area contributed by atoms with Crippen LogP contribution in [0.4, 0.5) is 0 Å². The predicted molar refractivity (Wildman–Crippen MR) is 79.3 cm³/mol. The van der Waals surface area contributed by atoms with Gasteiger partial charge >= 0.3 is 0 Å². The highest BCUT2D eigenvalue weighted by molar-refractivity contribution is 5.82. The summed E-state index contributed by atoms with van der Waals surface area (Å²) in [6, 6.07) is 0. The minimum atomic E-state index is -0.273. The van der Waals surface area contributed by atoms with Crippen LogP contribution < -0.4 is 0 Å². The summed E-state index contributed by atoms with van der Waals surface area (Å²) in [4.78, 5) is 11.8. The Morgan fingerprint density at radius 3 is 2.47 bits per heavy atom. The minimum absolute atomic E-state index is 0.197. The van der Waals surface area contributed by atoms with Crippen molar-refractivity contribution < 1.29 is 14.6 Å². The number of ketones is 1. The van der Waals surface area contributed by atoms with E-state index in [9.17, 15) is 4.79 Å². The van der Waals surface area contributed by atoms with Crippen LogP contribution >= 0.6 is 0 Å². The Labute approximate surface area is 118 Å². The van der Waals surface area contributed by atoms with Gasteiger partial charge in [0.05, 0.1) is 6.61 Å². The van der Waals surface area contributed by atoms with Gasteiger partial charge in [-0.25, -0.2) is 0 Å². The summed E-state index contributed by atoms with van der Waals surface area (Å²) >= 11 is 0. The summed E-state index contributed by atoms with van der Waals surface area (Å²) in [5.41, 5.74) is 0. The first-order valence-corrected chi connectivity index (χ1v) is 7.90. The maximum atomic E-state index is 11.8. The van der Waals surface area contributed by atoms with Crippen molar-refractivity contribution in [2.45, 2.75) is 78.2 Å². The molecule has 0 amide bonds. The largest absolute Gasteiger partial charge is 0.396 e. The third-order valence-corrected chi connectivity index (χ3v) is 3.66. The summed E-state index contributed by atoms with van der Waals surface area (Å²) in [5, 5.41) is 8.67. The first-order chi connectivity index (χ1) is 9.15. The fourth-order valence-corrected chi connectivity index (χ4v) is 2.06. The maximum Gasteiger partial charge on any atom is 0.161 e. The van der Waals surface area contributed by atoms with Gasteiger partial charge in [-0.1, -0.05) is 39.5 Å². The molecule has 1 N–H and O–H groups in total. The number of unbranched alkanes of at least 4 members (excludes halogenated alkanes) is 3. The molecule has 3 nitrogen and oxygen atoms in total. The fourth-order valence-electron chi connectivity index (χ4n) is 2.06. The fraction of sp³-hybridized carbons (Fsp3) is 0.938. The molecule has 0 radical (unpaired) electrons. The molecule has 0 heterocycles. The lowest BCUT2D eigenvalue weighted by Gasteiger charge is -2.18. The van der Waals surface area contributed by atoms with E-state index in [4.69, 9.17) is 9.84 Å².